The number of hydrogen-bond donors (Lipinski definition) is 1. The summed E-state index contributed by atoms with van der Waals surface area (Å²) in [6.07, 6.45) is 0. The van der Waals surface area contributed by atoms with Gasteiger partial charge in [-0.1, -0.05) is 35.3 Å². The molecule has 0 aliphatic rings. The second kappa shape index (κ2) is 7.13. The Bertz CT molecular complexity index is 990. The van der Waals surface area contributed by atoms with E-state index >= 15 is 0 Å². The molecule has 0 aliphatic carbocycles. The van der Waals surface area contributed by atoms with Crippen LogP contribution in [0.4, 0.5) is 5.69 Å². The number of aromatic nitrogens is 4. The zero-order valence-electron chi connectivity index (χ0n) is 15.0. The van der Waals surface area contributed by atoms with E-state index in [-0.39, 0.29) is 11.6 Å². The number of hydrogen-bond acceptors (Lipinski definition) is 3. The predicted octanol–water partition coefficient (Wildman–Crippen LogP) is 4.15. The average molecular weight is 392 g/mol. The third kappa shape index (κ3) is 3.48. The van der Waals surface area contributed by atoms with E-state index in [2.05, 4.69) is 15.5 Å². The minimum absolute atomic E-state index is 0.202. The lowest BCUT2D eigenvalue weighted by atomic mass is 10.2. The Morgan fingerprint density at radius 1 is 1.15 bits per heavy atom. The number of carbonyl (C=O) groups excluding carboxylic acids is 1. The Hall–Kier alpha value is -2.31. The monoisotopic (exact) mass is 391 g/mol. The number of amides is 1. The van der Waals surface area contributed by atoms with E-state index in [9.17, 15) is 4.79 Å². The fourth-order valence-corrected chi connectivity index (χ4v) is 3.20. The van der Waals surface area contributed by atoms with Crippen LogP contribution in [0.3, 0.4) is 0 Å². The van der Waals surface area contributed by atoms with Crippen molar-refractivity contribution in [3.05, 3.63) is 62.6 Å². The molecular formula is C18H19Cl2N5O. The highest BCUT2D eigenvalue weighted by Gasteiger charge is 2.21. The van der Waals surface area contributed by atoms with E-state index in [0.717, 1.165) is 22.6 Å². The summed E-state index contributed by atoms with van der Waals surface area (Å²) in [5.74, 6) is -0.354. The van der Waals surface area contributed by atoms with Gasteiger partial charge in [-0.05, 0) is 38.5 Å². The number of nitrogens with zero attached hydrogens (tertiary/aromatic N) is 4. The molecule has 3 aromatic rings. The van der Waals surface area contributed by atoms with Crippen molar-refractivity contribution in [1.29, 1.82) is 0 Å². The summed E-state index contributed by atoms with van der Waals surface area (Å²) in [7, 11) is 1.75. The number of rotatable bonds is 4. The van der Waals surface area contributed by atoms with Crippen LogP contribution in [0.1, 0.15) is 33.1 Å². The number of anilines is 1. The van der Waals surface area contributed by atoms with E-state index in [1.807, 2.05) is 49.7 Å². The molecule has 0 bridgehead atoms. The Labute approximate surface area is 161 Å². The van der Waals surface area contributed by atoms with Gasteiger partial charge in [-0.2, -0.15) is 10.2 Å². The molecule has 0 radical (unpaired) electrons. The van der Waals surface area contributed by atoms with Crippen LogP contribution in [0.15, 0.2) is 24.3 Å². The van der Waals surface area contributed by atoms with Crippen LogP contribution in [0.2, 0.25) is 10.0 Å². The SMILES string of the molecule is Cc1nn(Cc2cccc(Cl)c2)c(C)c1NC(=O)c1nn(C)c(C)c1Cl. The minimum atomic E-state index is -0.354. The van der Waals surface area contributed by atoms with Crippen molar-refractivity contribution in [3.8, 4) is 0 Å². The van der Waals surface area contributed by atoms with Gasteiger partial charge < -0.3 is 5.32 Å². The third-order valence-corrected chi connectivity index (χ3v) is 5.01. The first-order valence-electron chi connectivity index (χ1n) is 8.06. The number of benzene rings is 1. The molecule has 8 heteroatoms. The second-order valence-electron chi connectivity index (χ2n) is 6.16. The van der Waals surface area contributed by atoms with Crippen LogP contribution >= 0.6 is 23.2 Å². The molecule has 1 aromatic carbocycles. The second-order valence-corrected chi connectivity index (χ2v) is 6.97. The molecule has 0 atom stereocenters. The molecule has 1 N–H and O–H groups in total. The fourth-order valence-electron chi connectivity index (χ4n) is 2.74. The lowest BCUT2D eigenvalue weighted by Gasteiger charge is -2.07. The molecule has 0 spiro atoms. The molecule has 0 aliphatic heterocycles. The first kappa shape index (κ1) is 18.5. The van der Waals surface area contributed by atoms with Crippen molar-refractivity contribution in [2.75, 3.05) is 5.32 Å². The van der Waals surface area contributed by atoms with Crippen LogP contribution in [-0.4, -0.2) is 25.5 Å². The smallest absolute Gasteiger partial charge is 0.277 e. The van der Waals surface area contributed by atoms with Crippen LogP contribution in [-0.2, 0) is 13.6 Å². The molecule has 0 unspecified atom stereocenters. The lowest BCUT2D eigenvalue weighted by molar-refractivity contribution is 0.102. The van der Waals surface area contributed by atoms with Gasteiger partial charge in [-0.15, -0.1) is 0 Å². The van der Waals surface area contributed by atoms with Gasteiger partial charge in [0.25, 0.3) is 5.91 Å². The third-order valence-electron chi connectivity index (χ3n) is 4.32. The van der Waals surface area contributed by atoms with E-state index in [0.29, 0.717) is 22.3 Å². The van der Waals surface area contributed by atoms with Gasteiger partial charge in [0, 0.05) is 12.1 Å². The van der Waals surface area contributed by atoms with Crippen molar-refractivity contribution in [2.45, 2.75) is 27.3 Å². The Morgan fingerprint density at radius 2 is 1.88 bits per heavy atom. The molecule has 0 fully saturated rings. The number of nitrogens with one attached hydrogen (secondary N) is 1. The number of halogens is 2. The van der Waals surface area contributed by atoms with Crippen molar-refractivity contribution in [1.82, 2.24) is 19.6 Å². The van der Waals surface area contributed by atoms with Crippen LogP contribution < -0.4 is 5.32 Å². The quantitative estimate of drug-likeness (QED) is 0.726. The zero-order valence-corrected chi connectivity index (χ0v) is 16.5. The van der Waals surface area contributed by atoms with Crippen molar-refractivity contribution >= 4 is 34.8 Å². The summed E-state index contributed by atoms with van der Waals surface area (Å²) in [6, 6.07) is 7.61. The molecule has 0 saturated heterocycles. The molecule has 2 aromatic heterocycles. The highest BCUT2D eigenvalue weighted by atomic mass is 35.5. The predicted molar refractivity (Wildman–Crippen MR) is 103 cm³/mol. The van der Waals surface area contributed by atoms with Gasteiger partial charge in [-0.3, -0.25) is 14.2 Å². The molecule has 136 valence electrons. The van der Waals surface area contributed by atoms with E-state index < -0.39 is 0 Å². The molecule has 2 heterocycles. The summed E-state index contributed by atoms with van der Waals surface area (Å²) in [5, 5.41) is 12.6. The first-order chi connectivity index (χ1) is 12.3. The Balaban J connectivity index is 1.86. The maximum absolute atomic E-state index is 12.6. The van der Waals surface area contributed by atoms with Crippen molar-refractivity contribution < 1.29 is 4.79 Å². The molecule has 3 rings (SSSR count). The topological polar surface area (TPSA) is 64.7 Å². The van der Waals surface area contributed by atoms with E-state index in [4.69, 9.17) is 23.2 Å². The maximum atomic E-state index is 12.6. The van der Waals surface area contributed by atoms with Crippen LogP contribution in [0.25, 0.3) is 0 Å². The molecule has 6 nitrogen and oxygen atoms in total. The Morgan fingerprint density at radius 3 is 2.50 bits per heavy atom. The van der Waals surface area contributed by atoms with E-state index in [1.54, 1.807) is 11.7 Å². The first-order valence-corrected chi connectivity index (χ1v) is 8.82. The molecule has 0 saturated carbocycles. The zero-order chi connectivity index (χ0) is 19.0. The van der Waals surface area contributed by atoms with Gasteiger partial charge in [0.2, 0.25) is 0 Å². The van der Waals surface area contributed by atoms with Crippen molar-refractivity contribution in [3.63, 3.8) is 0 Å². The van der Waals surface area contributed by atoms with Gasteiger partial charge in [0.1, 0.15) is 0 Å². The maximum Gasteiger partial charge on any atom is 0.277 e. The molecule has 26 heavy (non-hydrogen) atoms. The van der Waals surface area contributed by atoms with Gasteiger partial charge in [-0.25, -0.2) is 0 Å². The van der Waals surface area contributed by atoms with E-state index in [1.165, 1.54) is 0 Å². The summed E-state index contributed by atoms with van der Waals surface area (Å²) >= 11 is 12.3. The summed E-state index contributed by atoms with van der Waals surface area (Å²) in [4.78, 5) is 12.6. The van der Waals surface area contributed by atoms with Gasteiger partial charge in [0.05, 0.1) is 34.3 Å². The average Bonchev–Trinajstić information content (AvgIpc) is 2.99. The van der Waals surface area contributed by atoms with Crippen molar-refractivity contribution in [2.24, 2.45) is 7.05 Å². The number of aryl methyl sites for hydroxylation is 2. The standard InChI is InChI=1S/C18H19Cl2N5O/c1-10-16(21-18(26)17-15(20)11(2)24(4)23-17)12(3)25(22-10)9-13-6-5-7-14(19)8-13/h5-8H,9H2,1-4H3,(H,21,26). The summed E-state index contributed by atoms with van der Waals surface area (Å²) in [5.41, 5.74) is 4.21. The number of carbonyl (C=O) groups is 1. The lowest BCUT2D eigenvalue weighted by Crippen LogP contribution is -2.15. The molecule has 1 amide bonds. The summed E-state index contributed by atoms with van der Waals surface area (Å²) in [6.45, 7) is 6.13. The van der Waals surface area contributed by atoms with Crippen LogP contribution in [0.5, 0.6) is 0 Å². The molecular weight excluding hydrogens is 373 g/mol. The highest BCUT2D eigenvalue weighted by Crippen LogP contribution is 2.24. The normalized spacial score (nSPS) is 11.0. The Kier molecular flexibility index (Phi) is 5.07. The van der Waals surface area contributed by atoms with Crippen LogP contribution in [0, 0.1) is 20.8 Å². The largest absolute Gasteiger partial charge is 0.317 e. The van der Waals surface area contributed by atoms with Gasteiger partial charge >= 0.3 is 0 Å². The van der Waals surface area contributed by atoms with Gasteiger partial charge in [0.15, 0.2) is 5.69 Å². The minimum Gasteiger partial charge on any atom is -0.317 e. The summed E-state index contributed by atoms with van der Waals surface area (Å²) < 4.78 is 3.42. The fraction of sp³-hybridized carbons (Fsp3) is 0.278. The highest BCUT2D eigenvalue weighted by molar-refractivity contribution is 6.34.